The predicted octanol–water partition coefficient (Wildman–Crippen LogP) is 4.91. The number of amides is 1. The van der Waals surface area contributed by atoms with Crippen molar-refractivity contribution >= 4 is 52.4 Å². The van der Waals surface area contributed by atoms with E-state index in [1.54, 1.807) is 24.3 Å². The summed E-state index contributed by atoms with van der Waals surface area (Å²) in [6.07, 6.45) is 1.19. The summed E-state index contributed by atoms with van der Waals surface area (Å²) < 4.78 is 3.41. The van der Waals surface area contributed by atoms with Crippen LogP contribution in [0.4, 0.5) is 5.69 Å². The van der Waals surface area contributed by atoms with Crippen molar-refractivity contribution in [3.63, 3.8) is 0 Å². The summed E-state index contributed by atoms with van der Waals surface area (Å²) in [4.78, 5) is 23.9. The van der Waals surface area contributed by atoms with E-state index in [-0.39, 0.29) is 17.8 Å². The Labute approximate surface area is 169 Å². The molecule has 1 rings (SSSR count). The van der Waals surface area contributed by atoms with E-state index < -0.39 is 9.96 Å². The molecule has 1 aromatic rings. The van der Waals surface area contributed by atoms with Crippen LogP contribution in [0, 0.1) is 5.92 Å². The minimum absolute atomic E-state index is 0.184. The number of carbonyl (C=O) groups is 2. The molecule has 0 bridgehead atoms. The number of rotatable bonds is 9. The van der Waals surface area contributed by atoms with Gasteiger partial charge in [0.05, 0.1) is 12.2 Å². The number of carbonyl (C=O) groups excluding carboxylic acids is 2. The highest BCUT2D eigenvalue weighted by atomic mass is 35.6. The first-order valence-corrected chi connectivity index (χ1v) is 9.66. The Morgan fingerprint density at radius 3 is 2.27 bits per heavy atom. The van der Waals surface area contributed by atoms with Crippen molar-refractivity contribution in [1.29, 1.82) is 0 Å². The van der Waals surface area contributed by atoms with Crippen molar-refractivity contribution < 1.29 is 14.3 Å². The number of halogens is 3. The monoisotopic (exact) mass is 422 g/mol. The number of anilines is 1. The normalized spacial score (nSPS) is 12.6. The molecule has 0 saturated heterocycles. The fraction of sp³-hybridized carbons (Fsp3) is 0.556. The van der Waals surface area contributed by atoms with E-state index in [4.69, 9.17) is 39.5 Å². The van der Waals surface area contributed by atoms with Crippen molar-refractivity contribution in [2.75, 3.05) is 11.9 Å². The molecule has 0 radical (unpaired) electrons. The molecular weight excluding hydrogens is 399 g/mol. The van der Waals surface area contributed by atoms with Gasteiger partial charge in [-0.1, -0.05) is 62.0 Å². The third kappa shape index (κ3) is 8.47. The highest BCUT2D eigenvalue weighted by molar-refractivity contribution is 6.68. The highest BCUT2D eigenvalue weighted by Crippen LogP contribution is 2.31. The summed E-state index contributed by atoms with van der Waals surface area (Å²) in [6, 6.07) is 6.55. The van der Waals surface area contributed by atoms with Crippen LogP contribution in [0.5, 0.6) is 0 Å². The van der Waals surface area contributed by atoms with E-state index in [1.165, 1.54) is 0 Å². The zero-order valence-corrected chi connectivity index (χ0v) is 17.4. The molecule has 2 N–H and O–H groups in total. The molecule has 0 fully saturated rings. The quantitative estimate of drug-likeness (QED) is 0.256. The van der Waals surface area contributed by atoms with E-state index in [9.17, 15) is 9.59 Å². The average Bonchev–Trinajstić information content (AvgIpc) is 2.53. The lowest BCUT2D eigenvalue weighted by atomic mass is 10.1. The maximum absolute atomic E-state index is 12.0. The second-order valence-electron chi connectivity index (χ2n) is 6.35. The number of hydrogen-bond acceptors (Lipinski definition) is 4. The van der Waals surface area contributed by atoms with Gasteiger partial charge >= 0.3 is 5.97 Å². The minimum Gasteiger partial charge on any atom is -0.462 e. The molecular formula is C18H25Cl3N2O3. The van der Waals surface area contributed by atoms with Crippen molar-refractivity contribution in [2.45, 2.75) is 50.0 Å². The van der Waals surface area contributed by atoms with Crippen LogP contribution in [-0.4, -0.2) is 28.4 Å². The molecule has 0 aliphatic heterocycles. The number of unbranched alkanes of at least 4 members (excludes halogenated alkanes) is 1. The van der Waals surface area contributed by atoms with Gasteiger partial charge in [-0.25, -0.2) is 4.79 Å². The van der Waals surface area contributed by atoms with Crippen LogP contribution in [-0.2, 0) is 9.53 Å². The number of esters is 1. The van der Waals surface area contributed by atoms with Gasteiger partial charge in [0.1, 0.15) is 6.17 Å². The molecule has 0 aromatic heterocycles. The molecule has 0 spiro atoms. The Bertz CT molecular complexity index is 586. The van der Waals surface area contributed by atoms with E-state index in [0.29, 0.717) is 24.3 Å². The van der Waals surface area contributed by atoms with Gasteiger partial charge in [-0.2, -0.15) is 0 Å². The summed E-state index contributed by atoms with van der Waals surface area (Å²) in [7, 11) is 0. The lowest BCUT2D eigenvalue weighted by Crippen LogP contribution is -2.49. The third-order valence-electron chi connectivity index (χ3n) is 3.39. The largest absolute Gasteiger partial charge is 0.462 e. The van der Waals surface area contributed by atoms with E-state index in [0.717, 1.165) is 12.8 Å². The first-order chi connectivity index (χ1) is 12.1. The lowest BCUT2D eigenvalue weighted by Gasteiger charge is -2.27. The summed E-state index contributed by atoms with van der Waals surface area (Å²) in [5.74, 6) is -0.419. The zero-order chi connectivity index (χ0) is 19.7. The average molecular weight is 424 g/mol. The second-order valence-corrected chi connectivity index (χ2v) is 8.72. The fourth-order valence-electron chi connectivity index (χ4n) is 2.05. The topological polar surface area (TPSA) is 67.4 Å². The van der Waals surface area contributed by atoms with Crippen LogP contribution >= 0.6 is 34.8 Å². The zero-order valence-electron chi connectivity index (χ0n) is 15.2. The minimum atomic E-state index is -1.75. The van der Waals surface area contributed by atoms with Gasteiger partial charge in [0.25, 0.3) is 0 Å². The summed E-state index contributed by atoms with van der Waals surface area (Å²) in [5, 5.41) is 5.63. The fourth-order valence-corrected chi connectivity index (χ4v) is 2.38. The van der Waals surface area contributed by atoms with Gasteiger partial charge in [0.2, 0.25) is 9.70 Å². The smallest absolute Gasteiger partial charge is 0.338 e. The SMILES string of the molecule is CCCCOC(=O)c1ccc(N[C@H](NC(=O)CC(C)C)C(Cl)(Cl)Cl)cc1. The van der Waals surface area contributed by atoms with Gasteiger partial charge in [-0.3, -0.25) is 4.79 Å². The van der Waals surface area contributed by atoms with Crippen LogP contribution in [0.1, 0.15) is 50.4 Å². The number of ether oxygens (including phenoxy) is 1. The Kier molecular flexibility index (Phi) is 9.55. The van der Waals surface area contributed by atoms with Gasteiger partial charge in [0, 0.05) is 12.1 Å². The van der Waals surface area contributed by atoms with Crippen molar-refractivity contribution in [3.05, 3.63) is 29.8 Å². The van der Waals surface area contributed by atoms with E-state index in [2.05, 4.69) is 10.6 Å². The standard InChI is InChI=1S/C18H25Cl3N2O3/c1-4-5-10-26-16(25)13-6-8-14(9-7-13)22-17(18(19,20)21)23-15(24)11-12(2)3/h6-9,12,17,22H,4-5,10-11H2,1-3H3,(H,23,24)/t17-/m1/s1. The summed E-state index contributed by atoms with van der Waals surface area (Å²) >= 11 is 17.9. The molecule has 1 amide bonds. The first-order valence-electron chi connectivity index (χ1n) is 8.53. The van der Waals surface area contributed by atoms with Gasteiger partial charge in [-0.05, 0) is 36.6 Å². The van der Waals surface area contributed by atoms with Crippen LogP contribution in [0.15, 0.2) is 24.3 Å². The Morgan fingerprint density at radius 1 is 1.15 bits per heavy atom. The van der Waals surface area contributed by atoms with Crippen LogP contribution in [0.3, 0.4) is 0 Å². The number of nitrogens with one attached hydrogen (secondary N) is 2. The Morgan fingerprint density at radius 2 is 1.77 bits per heavy atom. The van der Waals surface area contributed by atoms with Gasteiger partial charge in [0.15, 0.2) is 0 Å². The molecule has 1 aromatic carbocycles. The molecule has 5 nitrogen and oxygen atoms in total. The number of benzene rings is 1. The number of hydrogen-bond donors (Lipinski definition) is 2. The molecule has 0 heterocycles. The highest BCUT2D eigenvalue weighted by Gasteiger charge is 2.34. The molecule has 0 aliphatic rings. The van der Waals surface area contributed by atoms with Crippen LogP contribution in [0.25, 0.3) is 0 Å². The molecule has 26 heavy (non-hydrogen) atoms. The summed E-state index contributed by atoms with van der Waals surface area (Å²) in [5.41, 5.74) is 1.03. The third-order valence-corrected chi connectivity index (χ3v) is 4.04. The summed E-state index contributed by atoms with van der Waals surface area (Å²) in [6.45, 7) is 6.27. The molecule has 146 valence electrons. The Balaban J connectivity index is 2.73. The molecule has 1 atom stereocenters. The van der Waals surface area contributed by atoms with Gasteiger partial charge < -0.3 is 15.4 Å². The van der Waals surface area contributed by atoms with Crippen LogP contribution in [0.2, 0.25) is 0 Å². The molecule has 8 heteroatoms. The first kappa shape index (κ1) is 22.9. The van der Waals surface area contributed by atoms with Crippen LogP contribution < -0.4 is 10.6 Å². The molecule has 0 unspecified atom stereocenters. The maximum atomic E-state index is 12.0. The van der Waals surface area contributed by atoms with Crippen molar-refractivity contribution in [2.24, 2.45) is 5.92 Å². The lowest BCUT2D eigenvalue weighted by molar-refractivity contribution is -0.122. The molecule has 0 saturated carbocycles. The van der Waals surface area contributed by atoms with E-state index >= 15 is 0 Å². The van der Waals surface area contributed by atoms with E-state index in [1.807, 2.05) is 20.8 Å². The number of alkyl halides is 3. The predicted molar refractivity (Wildman–Crippen MR) is 107 cm³/mol. The van der Waals surface area contributed by atoms with Crippen molar-refractivity contribution in [3.8, 4) is 0 Å². The maximum Gasteiger partial charge on any atom is 0.338 e. The van der Waals surface area contributed by atoms with Gasteiger partial charge in [-0.15, -0.1) is 0 Å². The van der Waals surface area contributed by atoms with Crippen molar-refractivity contribution in [1.82, 2.24) is 5.32 Å². The Hall–Kier alpha value is -1.17. The second kappa shape index (κ2) is 10.9. The molecule has 0 aliphatic carbocycles.